The Morgan fingerprint density at radius 2 is 0.616 bits per heavy atom. The third-order valence-electron chi connectivity index (χ3n) is 13.7. The quantitative estimate of drug-likeness (QED) is 0.0420. The lowest BCUT2D eigenvalue weighted by Gasteiger charge is -2.19. The van der Waals surface area contributed by atoms with Gasteiger partial charge in [-0.25, -0.2) is 0 Å². The van der Waals surface area contributed by atoms with Crippen molar-refractivity contribution in [3.05, 3.63) is 122 Å². The van der Waals surface area contributed by atoms with Crippen LogP contribution < -0.4 is 5.32 Å². The zero-order chi connectivity index (χ0) is 52.7. The number of carbonyl (C=O) groups excluding carboxylic acids is 1. The molecule has 2 unspecified atom stereocenters. The normalized spacial score (nSPS) is 13.6. The Morgan fingerprint density at radius 1 is 0.342 bits per heavy atom. The van der Waals surface area contributed by atoms with Gasteiger partial charge in [0, 0.05) is 6.42 Å². The van der Waals surface area contributed by atoms with E-state index in [4.69, 9.17) is 0 Å². The van der Waals surface area contributed by atoms with Gasteiger partial charge in [0.25, 0.3) is 0 Å². The van der Waals surface area contributed by atoms with Crippen molar-refractivity contribution in [3.63, 3.8) is 0 Å². The van der Waals surface area contributed by atoms with Crippen molar-refractivity contribution in [3.8, 4) is 0 Å². The molecule has 4 heteroatoms. The smallest absolute Gasteiger partial charge is 0.220 e. The van der Waals surface area contributed by atoms with Crippen molar-refractivity contribution in [1.29, 1.82) is 0 Å². The third-order valence-corrected chi connectivity index (χ3v) is 13.7. The number of carbonyl (C=O) groups is 1. The van der Waals surface area contributed by atoms with Crippen LogP contribution in [-0.4, -0.2) is 34.9 Å². The summed E-state index contributed by atoms with van der Waals surface area (Å²) < 4.78 is 0. The molecule has 0 aliphatic heterocycles. The van der Waals surface area contributed by atoms with E-state index in [9.17, 15) is 15.0 Å². The fourth-order valence-electron chi connectivity index (χ4n) is 8.98. The van der Waals surface area contributed by atoms with E-state index in [0.717, 1.165) is 83.5 Å². The highest BCUT2D eigenvalue weighted by Gasteiger charge is 2.18. The molecular formula is C69H119NO3. The number of nitrogens with one attached hydrogen (secondary N) is 1. The first kappa shape index (κ1) is 69.8. The lowest BCUT2D eigenvalue weighted by atomic mass is 10.0. The minimum absolute atomic E-state index is 0.0762. The number of amides is 1. The zero-order valence-corrected chi connectivity index (χ0v) is 48.1. The van der Waals surface area contributed by atoms with Gasteiger partial charge in [0.05, 0.1) is 18.8 Å². The predicted molar refractivity (Wildman–Crippen MR) is 326 cm³/mol. The molecule has 1 amide bonds. The number of allylic oxidation sites excluding steroid dienone is 19. The van der Waals surface area contributed by atoms with E-state index in [1.54, 1.807) is 6.08 Å². The van der Waals surface area contributed by atoms with E-state index in [1.165, 1.54) is 186 Å². The van der Waals surface area contributed by atoms with Crippen LogP contribution in [0.1, 0.15) is 290 Å². The lowest BCUT2D eigenvalue weighted by molar-refractivity contribution is -0.123. The molecule has 0 aromatic heterocycles. The van der Waals surface area contributed by atoms with Gasteiger partial charge in [-0.2, -0.15) is 0 Å². The highest BCUT2D eigenvalue weighted by molar-refractivity contribution is 5.76. The SMILES string of the molecule is CC/C=C\C/C=C\C/C=C\C/C=C\C/C=C\C/C=C\C/C=C\C/C=C\CCCCCCCCCCCCCCCCC(=O)NC(CO)C(O)/C=C/CC/C=C/CCCCCCCCCCCCCCCCCC. The van der Waals surface area contributed by atoms with E-state index in [-0.39, 0.29) is 12.5 Å². The molecule has 0 saturated heterocycles. The summed E-state index contributed by atoms with van der Waals surface area (Å²) in [7, 11) is 0. The molecular weight excluding hydrogens is 891 g/mol. The van der Waals surface area contributed by atoms with E-state index in [1.807, 2.05) is 6.08 Å². The summed E-state index contributed by atoms with van der Waals surface area (Å²) >= 11 is 0. The van der Waals surface area contributed by atoms with Crippen LogP contribution in [0.4, 0.5) is 0 Å². The first-order valence-corrected chi connectivity index (χ1v) is 31.2. The van der Waals surface area contributed by atoms with Gasteiger partial charge in [0.1, 0.15) is 0 Å². The van der Waals surface area contributed by atoms with Crippen molar-refractivity contribution in [1.82, 2.24) is 5.32 Å². The van der Waals surface area contributed by atoms with Crippen LogP contribution in [0.15, 0.2) is 122 Å². The lowest BCUT2D eigenvalue weighted by Crippen LogP contribution is -2.45. The average molecular weight is 1010 g/mol. The molecule has 0 aromatic rings. The van der Waals surface area contributed by atoms with E-state index >= 15 is 0 Å². The van der Waals surface area contributed by atoms with Gasteiger partial charge in [-0.05, 0) is 96.3 Å². The summed E-state index contributed by atoms with van der Waals surface area (Å²) in [6.07, 6.45) is 96.7. The standard InChI is InChI=1S/C69H119NO3/c1-3-5-7-9-11-13-15-17-19-21-23-25-27-28-29-30-31-32-33-34-35-36-37-38-39-40-41-42-43-45-47-49-51-53-55-57-59-61-63-65-69(73)70-67(66-71)68(72)64-62-60-58-56-54-52-50-48-46-44-26-24-22-20-18-16-14-12-10-8-6-4-2/h5,7,11,13,17,19,23,25,28-29,31-32,34-35,37-38,54,56,62,64,67-68,71-72H,3-4,6,8-10,12,14-16,18,20-22,24,26-27,30,33,36,39-53,55,57-61,63,65-66H2,1-2H3,(H,70,73)/b7-5-,13-11-,19-17-,25-23-,29-28-,32-31-,35-34-,38-37-,56-54+,64-62+. The molecule has 0 radical (unpaired) electrons. The van der Waals surface area contributed by atoms with Crippen LogP contribution in [0.2, 0.25) is 0 Å². The second-order valence-corrected chi connectivity index (χ2v) is 20.7. The molecule has 0 bridgehead atoms. The molecule has 0 rings (SSSR count). The number of aliphatic hydroxyl groups is 2. The third kappa shape index (κ3) is 59.5. The molecule has 73 heavy (non-hydrogen) atoms. The van der Waals surface area contributed by atoms with Gasteiger partial charge in [0.2, 0.25) is 5.91 Å². The maximum Gasteiger partial charge on any atom is 0.220 e. The summed E-state index contributed by atoms with van der Waals surface area (Å²) in [5.74, 6) is -0.0762. The van der Waals surface area contributed by atoms with Crippen LogP contribution >= 0.6 is 0 Å². The summed E-state index contributed by atoms with van der Waals surface area (Å²) in [5, 5.41) is 23.2. The Hall–Kier alpha value is -3.21. The Labute approximate surface area is 454 Å². The summed E-state index contributed by atoms with van der Waals surface area (Å²) in [6, 6.07) is -0.647. The molecule has 0 aromatic carbocycles. The number of hydrogen-bond donors (Lipinski definition) is 3. The molecule has 0 aliphatic rings. The van der Waals surface area contributed by atoms with Crippen molar-refractivity contribution < 1.29 is 15.0 Å². The van der Waals surface area contributed by atoms with Crippen molar-refractivity contribution in [2.24, 2.45) is 0 Å². The Kier molecular flexibility index (Phi) is 60.3. The second-order valence-electron chi connectivity index (χ2n) is 20.7. The van der Waals surface area contributed by atoms with Gasteiger partial charge in [0.15, 0.2) is 0 Å². The van der Waals surface area contributed by atoms with Crippen LogP contribution in [0.25, 0.3) is 0 Å². The van der Waals surface area contributed by atoms with Crippen LogP contribution in [-0.2, 0) is 4.79 Å². The highest BCUT2D eigenvalue weighted by Crippen LogP contribution is 2.16. The maximum absolute atomic E-state index is 12.5. The monoisotopic (exact) mass is 1010 g/mol. The zero-order valence-electron chi connectivity index (χ0n) is 48.1. The Morgan fingerprint density at radius 3 is 0.959 bits per heavy atom. The van der Waals surface area contributed by atoms with Gasteiger partial charge >= 0.3 is 0 Å². The molecule has 4 nitrogen and oxygen atoms in total. The number of unbranched alkanes of at least 4 members (excludes halogenated alkanes) is 31. The van der Waals surface area contributed by atoms with E-state index < -0.39 is 12.1 Å². The van der Waals surface area contributed by atoms with Crippen molar-refractivity contribution in [2.75, 3.05) is 6.61 Å². The largest absolute Gasteiger partial charge is 0.394 e. The van der Waals surface area contributed by atoms with Gasteiger partial charge in [-0.3, -0.25) is 4.79 Å². The molecule has 0 aliphatic carbocycles. The number of hydrogen-bond acceptors (Lipinski definition) is 3. The minimum atomic E-state index is -0.870. The number of aliphatic hydroxyl groups excluding tert-OH is 2. The molecule has 0 heterocycles. The molecule has 418 valence electrons. The first-order chi connectivity index (χ1) is 36.2. The fourth-order valence-corrected chi connectivity index (χ4v) is 8.98. The predicted octanol–water partition coefficient (Wildman–Crippen LogP) is 21.2. The molecule has 0 fully saturated rings. The van der Waals surface area contributed by atoms with Crippen molar-refractivity contribution in [2.45, 2.75) is 302 Å². The highest BCUT2D eigenvalue weighted by atomic mass is 16.3. The molecule has 0 saturated carbocycles. The topological polar surface area (TPSA) is 69.6 Å². The van der Waals surface area contributed by atoms with Crippen LogP contribution in [0.3, 0.4) is 0 Å². The van der Waals surface area contributed by atoms with Crippen LogP contribution in [0.5, 0.6) is 0 Å². The van der Waals surface area contributed by atoms with Crippen LogP contribution in [0, 0.1) is 0 Å². The summed E-state index contributed by atoms with van der Waals surface area (Å²) in [5.41, 5.74) is 0. The molecule has 2 atom stereocenters. The Bertz CT molecular complexity index is 1420. The summed E-state index contributed by atoms with van der Waals surface area (Å²) in [6.45, 7) is 4.20. The summed E-state index contributed by atoms with van der Waals surface area (Å²) in [4.78, 5) is 12.5. The van der Waals surface area contributed by atoms with E-state index in [2.05, 4.69) is 129 Å². The first-order valence-electron chi connectivity index (χ1n) is 31.2. The van der Waals surface area contributed by atoms with Gasteiger partial charge in [-0.15, -0.1) is 0 Å². The molecule has 0 spiro atoms. The second kappa shape index (κ2) is 63.1. The number of rotatable bonds is 56. The minimum Gasteiger partial charge on any atom is -0.394 e. The fraction of sp³-hybridized carbons (Fsp3) is 0.696. The van der Waals surface area contributed by atoms with Gasteiger partial charge < -0.3 is 15.5 Å². The van der Waals surface area contributed by atoms with Gasteiger partial charge in [-0.1, -0.05) is 309 Å². The van der Waals surface area contributed by atoms with Crippen molar-refractivity contribution >= 4 is 5.91 Å². The Balaban J connectivity index is 3.56. The average Bonchev–Trinajstić information content (AvgIpc) is 3.40. The molecule has 3 N–H and O–H groups in total. The maximum atomic E-state index is 12.5. The van der Waals surface area contributed by atoms with E-state index in [0.29, 0.717) is 6.42 Å².